The number of likely N-dealkylation sites (N-methyl/N-ethyl adjacent to an activating group) is 2. The third-order valence-electron chi connectivity index (χ3n) is 10.7. The number of fused-ring (bicyclic) bond motifs is 6. The summed E-state index contributed by atoms with van der Waals surface area (Å²) in [4.78, 5) is 29.4. The minimum atomic E-state index is -3.78. The van der Waals surface area contributed by atoms with Gasteiger partial charge in [-0.1, -0.05) is 49.6 Å². The number of para-hydroxylation sites is 1. The van der Waals surface area contributed by atoms with Crippen LogP contribution in [0.1, 0.15) is 88.8 Å². The normalized spacial score (nSPS) is 20.9. The number of carbonyl (C=O) groups excluding carboxylic acids is 2. The lowest BCUT2D eigenvalue weighted by molar-refractivity contribution is -0.135. The highest BCUT2D eigenvalue weighted by Gasteiger charge is 2.46. The maximum atomic E-state index is 13.0. The van der Waals surface area contributed by atoms with E-state index in [0.717, 1.165) is 42.8 Å². The molecule has 1 fully saturated rings. The van der Waals surface area contributed by atoms with Crippen molar-refractivity contribution in [3.05, 3.63) is 70.0 Å². The van der Waals surface area contributed by atoms with Crippen molar-refractivity contribution in [3.63, 3.8) is 0 Å². The molecule has 2 aromatic rings. The Morgan fingerprint density at radius 2 is 1.78 bits per heavy atom. The van der Waals surface area contributed by atoms with Crippen LogP contribution in [0, 0.1) is 5.92 Å². The highest BCUT2D eigenvalue weighted by atomic mass is 32.2. The number of rotatable bonds is 12. The summed E-state index contributed by atoms with van der Waals surface area (Å²) in [5.41, 5.74) is 7.59. The Bertz CT molecular complexity index is 1830. The molecule has 272 valence electrons. The number of hydrogen-bond acceptors (Lipinski definition) is 8. The Kier molecular flexibility index (Phi) is 10.7. The van der Waals surface area contributed by atoms with Crippen LogP contribution in [0.3, 0.4) is 0 Å². The Morgan fingerprint density at radius 1 is 1.04 bits per heavy atom. The van der Waals surface area contributed by atoms with Crippen LogP contribution in [-0.2, 0) is 30.8 Å². The molecular formula is C39H54N4O6S. The summed E-state index contributed by atoms with van der Waals surface area (Å²) < 4.78 is 39.7. The molecule has 0 saturated heterocycles. The van der Waals surface area contributed by atoms with E-state index in [-0.39, 0.29) is 17.6 Å². The van der Waals surface area contributed by atoms with E-state index < -0.39 is 21.7 Å². The third kappa shape index (κ3) is 8.05. The number of methoxy groups -OCH3 is 1. The van der Waals surface area contributed by atoms with Gasteiger partial charge in [0.1, 0.15) is 5.60 Å². The number of sulfonamides is 1. The van der Waals surface area contributed by atoms with Crippen molar-refractivity contribution in [2.75, 3.05) is 53.1 Å². The van der Waals surface area contributed by atoms with Crippen molar-refractivity contribution in [1.82, 2.24) is 19.1 Å². The number of nitrogens with zero attached hydrogens (tertiary/aromatic N) is 3. The molecular weight excluding hydrogens is 653 g/mol. The maximum Gasteiger partial charge on any atom is 0.421 e. The molecule has 0 radical (unpaired) electrons. The highest BCUT2D eigenvalue weighted by Crippen LogP contribution is 2.54. The average molecular weight is 707 g/mol. The molecule has 4 aliphatic rings. The first-order valence-corrected chi connectivity index (χ1v) is 19.9. The number of nitrogens with one attached hydrogen (secondary N) is 1. The van der Waals surface area contributed by atoms with E-state index in [4.69, 9.17) is 9.47 Å². The second-order valence-electron chi connectivity index (χ2n) is 15.7. The number of esters is 1. The van der Waals surface area contributed by atoms with Crippen LogP contribution in [0.5, 0.6) is 0 Å². The van der Waals surface area contributed by atoms with Crippen LogP contribution in [0.15, 0.2) is 58.7 Å². The number of carbonyl (C=O) groups is 2. The fourth-order valence-electron chi connectivity index (χ4n) is 8.36. The predicted molar refractivity (Wildman–Crippen MR) is 197 cm³/mol. The average Bonchev–Trinajstić information content (AvgIpc) is 3.68. The Balaban J connectivity index is 1.15. The standard InChI is InChI=1S/C39H54N4O6S/c1-39(2,3)49-38(45)40-50(46,47)22-12-19-41(4)20-21-42(5)24-28-16-11-18-30-33(28)32-23-27-15-10-17-29(26-13-8-7-9-14-26)36(27)43(32)25-31-34(30)35(31)37(44)48-6/h10-11,15,17-18,23,26,28,33H,7-9,12-14,16,19-22,24-25H2,1-6H3,(H,40,45)/t28-,33?/m0/s1. The van der Waals surface area contributed by atoms with Crippen molar-refractivity contribution in [3.8, 4) is 0 Å². The van der Waals surface area contributed by atoms with Crippen LogP contribution in [0.4, 0.5) is 4.79 Å². The van der Waals surface area contributed by atoms with Crippen molar-refractivity contribution in [1.29, 1.82) is 0 Å². The molecule has 1 N–H and O–H groups in total. The van der Waals surface area contributed by atoms with Gasteiger partial charge in [-0.2, -0.15) is 0 Å². The number of aromatic nitrogens is 1. The van der Waals surface area contributed by atoms with Gasteiger partial charge in [0, 0.05) is 43.2 Å². The Hall–Kier alpha value is -3.41. The summed E-state index contributed by atoms with van der Waals surface area (Å²) in [5.74, 6) is 0.658. The Labute approximate surface area is 297 Å². The fraction of sp³-hybridized carbons (Fsp3) is 0.590. The number of benzene rings is 1. The van der Waals surface area contributed by atoms with Crippen molar-refractivity contribution >= 4 is 33.0 Å². The van der Waals surface area contributed by atoms with Crippen LogP contribution in [0.2, 0.25) is 0 Å². The van der Waals surface area contributed by atoms with Gasteiger partial charge in [-0.15, -0.1) is 0 Å². The second-order valence-corrected chi connectivity index (χ2v) is 17.5. The zero-order valence-electron chi connectivity index (χ0n) is 30.6. The molecule has 2 atom stereocenters. The molecule has 1 amide bonds. The molecule has 0 bridgehead atoms. The van der Waals surface area contributed by atoms with Gasteiger partial charge in [0.25, 0.3) is 0 Å². The molecule has 11 heteroatoms. The number of hydrogen-bond donors (Lipinski definition) is 1. The monoisotopic (exact) mass is 706 g/mol. The smallest absolute Gasteiger partial charge is 0.421 e. The van der Waals surface area contributed by atoms with Gasteiger partial charge in [0.2, 0.25) is 10.0 Å². The van der Waals surface area contributed by atoms with Crippen molar-refractivity contribution in [2.24, 2.45) is 5.92 Å². The number of allylic oxidation sites excluding steroid dienone is 4. The first-order valence-electron chi connectivity index (χ1n) is 18.2. The summed E-state index contributed by atoms with van der Waals surface area (Å²) in [7, 11) is 1.85. The zero-order valence-corrected chi connectivity index (χ0v) is 31.4. The first kappa shape index (κ1) is 36.4. The lowest BCUT2D eigenvalue weighted by Gasteiger charge is -2.34. The predicted octanol–water partition coefficient (Wildman–Crippen LogP) is 6.25. The molecule has 50 heavy (non-hydrogen) atoms. The maximum absolute atomic E-state index is 13.0. The van der Waals surface area contributed by atoms with Crippen molar-refractivity contribution < 1.29 is 27.5 Å². The molecule has 0 spiro atoms. The summed E-state index contributed by atoms with van der Waals surface area (Å²) in [6, 6.07) is 9.23. The lowest BCUT2D eigenvalue weighted by atomic mass is 9.76. The first-order chi connectivity index (χ1) is 23.8. The van der Waals surface area contributed by atoms with Gasteiger partial charge < -0.3 is 23.8 Å². The fourth-order valence-corrected chi connectivity index (χ4v) is 9.27. The van der Waals surface area contributed by atoms with Gasteiger partial charge in [0.05, 0.1) is 24.0 Å². The van der Waals surface area contributed by atoms with E-state index in [1.807, 2.05) is 11.8 Å². The van der Waals surface area contributed by atoms with Crippen LogP contribution < -0.4 is 4.72 Å². The molecule has 6 rings (SSSR count). The topological polar surface area (TPSA) is 110 Å². The molecule has 1 aliphatic heterocycles. The van der Waals surface area contributed by atoms with E-state index in [0.29, 0.717) is 31.3 Å². The second kappa shape index (κ2) is 14.7. The molecule has 2 heterocycles. The zero-order chi connectivity index (χ0) is 35.8. The quantitative estimate of drug-likeness (QED) is 0.258. The molecule has 1 unspecified atom stereocenters. The van der Waals surface area contributed by atoms with E-state index in [2.05, 4.69) is 57.8 Å². The van der Waals surface area contributed by atoms with E-state index in [1.54, 1.807) is 20.8 Å². The summed E-state index contributed by atoms with van der Waals surface area (Å²) >= 11 is 0. The van der Waals surface area contributed by atoms with Gasteiger partial charge in [-0.25, -0.2) is 22.7 Å². The molecule has 10 nitrogen and oxygen atoms in total. The van der Waals surface area contributed by atoms with Gasteiger partial charge in [-0.05, 0) is 107 Å². The molecule has 3 aliphatic carbocycles. The van der Waals surface area contributed by atoms with E-state index in [1.165, 1.54) is 66.9 Å². The lowest BCUT2D eigenvalue weighted by Crippen LogP contribution is -2.38. The van der Waals surface area contributed by atoms with Crippen LogP contribution in [0.25, 0.3) is 10.9 Å². The summed E-state index contributed by atoms with van der Waals surface area (Å²) in [6.45, 7) is 8.84. The van der Waals surface area contributed by atoms with Gasteiger partial charge >= 0.3 is 12.1 Å². The largest absolute Gasteiger partial charge is 0.465 e. The van der Waals surface area contributed by atoms with Crippen molar-refractivity contribution in [2.45, 2.75) is 89.7 Å². The van der Waals surface area contributed by atoms with Crippen LogP contribution in [-0.4, -0.2) is 93.6 Å². The minimum Gasteiger partial charge on any atom is -0.465 e. The molecule has 1 aromatic carbocycles. The Morgan fingerprint density at radius 3 is 2.50 bits per heavy atom. The SMILES string of the molecule is COC(=O)C1=C2Cn3c(cc4cccc(C5CCCCC5)c43)C3C(=C21)C=CC[C@H]3CN(C)CCN(C)CCCS(=O)(=O)NC(=O)OC(C)(C)C. The molecule has 1 saturated carbocycles. The number of ether oxygens (including phenoxy) is 2. The summed E-state index contributed by atoms with van der Waals surface area (Å²) in [6.07, 6.45) is 11.3. The summed E-state index contributed by atoms with van der Waals surface area (Å²) in [5, 5.41) is 1.29. The van der Waals surface area contributed by atoms with Gasteiger partial charge in [0.15, 0.2) is 0 Å². The van der Waals surface area contributed by atoms with E-state index in [9.17, 15) is 18.0 Å². The third-order valence-corrected chi connectivity index (χ3v) is 12.0. The van der Waals surface area contributed by atoms with Gasteiger partial charge in [-0.3, -0.25) is 0 Å². The van der Waals surface area contributed by atoms with Crippen LogP contribution >= 0.6 is 0 Å². The number of amides is 1. The minimum absolute atomic E-state index is 0.153. The van der Waals surface area contributed by atoms with E-state index >= 15 is 0 Å². The highest BCUT2D eigenvalue weighted by molar-refractivity contribution is 7.90. The molecule has 1 aromatic heterocycles.